The highest BCUT2D eigenvalue weighted by Crippen LogP contribution is 2.22. The van der Waals surface area contributed by atoms with Gasteiger partial charge in [0.2, 0.25) is 0 Å². The Kier molecular flexibility index (Phi) is 4.75. The molecular formula is C14H11BrFIO. The molecule has 4 heteroatoms. The Labute approximate surface area is 127 Å². The first kappa shape index (κ1) is 14.0. The van der Waals surface area contributed by atoms with Gasteiger partial charge in [0.05, 0.1) is 10.6 Å². The zero-order chi connectivity index (χ0) is 13.1. The van der Waals surface area contributed by atoms with Crippen LogP contribution in [0.5, 0.6) is 0 Å². The van der Waals surface area contributed by atoms with Crippen LogP contribution in [0, 0.1) is 9.39 Å². The Bertz CT molecular complexity index is 542. The smallest absolute Gasteiger partial charge is 0.137 e. The summed E-state index contributed by atoms with van der Waals surface area (Å²) >= 11 is 5.37. The first-order chi connectivity index (χ1) is 8.56. The van der Waals surface area contributed by atoms with Crippen LogP contribution in [0.2, 0.25) is 0 Å². The molecule has 0 radical (unpaired) electrons. The number of rotatable bonds is 3. The van der Waals surface area contributed by atoms with Gasteiger partial charge in [-0.3, -0.25) is 0 Å². The van der Waals surface area contributed by atoms with Crippen molar-refractivity contribution in [3.05, 3.63) is 67.5 Å². The largest absolute Gasteiger partial charge is 0.388 e. The molecule has 0 aliphatic carbocycles. The molecule has 1 nitrogen and oxygen atoms in total. The quantitative estimate of drug-likeness (QED) is 0.726. The summed E-state index contributed by atoms with van der Waals surface area (Å²) in [6.45, 7) is 0. The Balaban J connectivity index is 2.13. The van der Waals surface area contributed by atoms with Crippen LogP contribution in [0.4, 0.5) is 4.39 Å². The van der Waals surface area contributed by atoms with E-state index in [1.165, 1.54) is 6.07 Å². The monoisotopic (exact) mass is 420 g/mol. The highest BCUT2D eigenvalue weighted by atomic mass is 127. The van der Waals surface area contributed by atoms with Gasteiger partial charge in [-0.05, 0) is 73.9 Å². The highest BCUT2D eigenvalue weighted by Gasteiger charge is 2.09. The van der Waals surface area contributed by atoms with Gasteiger partial charge in [0.15, 0.2) is 0 Å². The fraction of sp³-hybridized carbons (Fsp3) is 0.143. The van der Waals surface area contributed by atoms with Gasteiger partial charge < -0.3 is 5.11 Å². The second-order valence-corrected chi connectivity index (χ2v) is 6.12. The first-order valence-corrected chi connectivity index (χ1v) is 7.31. The van der Waals surface area contributed by atoms with Gasteiger partial charge in [0.1, 0.15) is 5.82 Å². The Morgan fingerprint density at radius 3 is 2.44 bits per heavy atom. The molecule has 0 spiro atoms. The van der Waals surface area contributed by atoms with Gasteiger partial charge in [-0.15, -0.1) is 0 Å². The summed E-state index contributed by atoms with van der Waals surface area (Å²) in [4.78, 5) is 0. The highest BCUT2D eigenvalue weighted by molar-refractivity contribution is 14.1. The van der Waals surface area contributed by atoms with Crippen LogP contribution >= 0.6 is 38.5 Å². The van der Waals surface area contributed by atoms with Crippen LogP contribution < -0.4 is 0 Å². The summed E-state index contributed by atoms with van der Waals surface area (Å²) in [5.74, 6) is -0.289. The average Bonchev–Trinajstić information content (AvgIpc) is 2.34. The van der Waals surface area contributed by atoms with Crippen molar-refractivity contribution in [3.63, 3.8) is 0 Å². The summed E-state index contributed by atoms with van der Waals surface area (Å²) in [7, 11) is 0. The van der Waals surface area contributed by atoms with Crippen LogP contribution in [-0.2, 0) is 6.42 Å². The number of aliphatic hydroxyl groups excluding tert-OH is 1. The molecule has 0 heterocycles. The summed E-state index contributed by atoms with van der Waals surface area (Å²) in [5, 5.41) is 10.1. The van der Waals surface area contributed by atoms with Crippen molar-refractivity contribution >= 4 is 38.5 Å². The van der Waals surface area contributed by atoms with Crippen molar-refractivity contribution in [1.29, 1.82) is 0 Å². The molecule has 0 saturated heterocycles. The lowest BCUT2D eigenvalue weighted by atomic mass is 10.0. The maximum atomic E-state index is 13.1. The average molecular weight is 421 g/mol. The van der Waals surface area contributed by atoms with Crippen LogP contribution in [0.3, 0.4) is 0 Å². The predicted octanol–water partition coefficient (Wildman–Crippen LogP) is 4.47. The van der Waals surface area contributed by atoms with Crippen molar-refractivity contribution < 1.29 is 9.50 Å². The molecule has 2 aromatic carbocycles. The summed E-state index contributed by atoms with van der Waals surface area (Å²) < 4.78 is 14.7. The maximum absolute atomic E-state index is 13.1. The van der Waals surface area contributed by atoms with E-state index in [0.29, 0.717) is 10.9 Å². The zero-order valence-electron chi connectivity index (χ0n) is 9.41. The molecule has 0 saturated carbocycles. The van der Waals surface area contributed by atoms with E-state index in [1.807, 2.05) is 24.3 Å². The van der Waals surface area contributed by atoms with Gasteiger partial charge in [0, 0.05) is 9.99 Å². The molecule has 1 atom stereocenters. The van der Waals surface area contributed by atoms with E-state index in [4.69, 9.17) is 0 Å². The molecule has 0 aliphatic rings. The van der Waals surface area contributed by atoms with Gasteiger partial charge in [0.25, 0.3) is 0 Å². The third-order valence-corrected chi connectivity index (χ3v) is 3.99. The van der Waals surface area contributed by atoms with Crippen LogP contribution in [-0.4, -0.2) is 5.11 Å². The lowest BCUT2D eigenvalue weighted by Crippen LogP contribution is -2.02. The van der Waals surface area contributed by atoms with Crippen LogP contribution in [0.1, 0.15) is 17.2 Å². The van der Waals surface area contributed by atoms with E-state index in [-0.39, 0.29) is 5.82 Å². The van der Waals surface area contributed by atoms with E-state index < -0.39 is 6.10 Å². The lowest BCUT2D eigenvalue weighted by Gasteiger charge is -2.11. The van der Waals surface area contributed by atoms with Crippen molar-refractivity contribution in [2.24, 2.45) is 0 Å². The molecule has 18 heavy (non-hydrogen) atoms. The minimum atomic E-state index is -0.570. The molecule has 0 aliphatic heterocycles. The second-order valence-electron chi connectivity index (χ2n) is 4.02. The molecule has 94 valence electrons. The molecular weight excluding hydrogens is 410 g/mol. The number of aliphatic hydroxyl groups is 1. The van der Waals surface area contributed by atoms with E-state index in [0.717, 1.165) is 14.7 Å². The third-order valence-electron chi connectivity index (χ3n) is 2.67. The normalized spacial score (nSPS) is 12.4. The number of hydrogen-bond acceptors (Lipinski definition) is 1. The fourth-order valence-electron chi connectivity index (χ4n) is 1.69. The van der Waals surface area contributed by atoms with Crippen molar-refractivity contribution in [1.82, 2.24) is 0 Å². The van der Waals surface area contributed by atoms with Crippen molar-refractivity contribution in [2.75, 3.05) is 0 Å². The topological polar surface area (TPSA) is 20.2 Å². The summed E-state index contributed by atoms with van der Waals surface area (Å²) in [6.07, 6.45) is -0.0983. The Hall–Kier alpha value is -0.460. The molecule has 1 unspecified atom stereocenters. The Morgan fingerprint density at radius 2 is 1.83 bits per heavy atom. The molecule has 1 N–H and O–H groups in total. The lowest BCUT2D eigenvalue weighted by molar-refractivity contribution is 0.178. The Morgan fingerprint density at radius 1 is 1.17 bits per heavy atom. The predicted molar refractivity (Wildman–Crippen MR) is 81.9 cm³/mol. The molecule has 2 rings (SSSR count). The van der Waals surface area contributed by atoms with Crippen LogP contribution in [0.25, 0.3) is 0 Å². The summed E-state index contributed by atoms with van der Waals surface area (Å²) in [5.41, 5.74) is 1.77. The van der Waals surface area contributed by atoms with Gasteiger partial charge in [-0.1, -0.05) is 18.2 Å². The maximum Gasteiger partial charge on any atom is 0.137 e. The van der Waals surface area contributed by atoms with Crippen molar-refractivity contribution in [3.8, 4) is 0 Å². The first-order valence-electron chi connectivity index (χ1n) is 5.44. The number of benzene rings is 2. The molecule has 0 bridgehead atoms. The SMILES string of the molecule is OC(Cc1ccc(F)c(Br)c1)c1ccc(I)cc1. The summed E-state index contributed by atoms with van der Waals surface area (Å²) in [6, 6.07) is 12.5. The van der Waals surface area contributed by atoms with E-state index in [9.17, 15) is 9.50 Å². The molecule has 0 fully saturated rings. The minimum Gasteiger partial charge on any atom is -0.388 e. The van der Waals surface area contributed by atoms with E-state index in [1.54, 1.807) is 12.1 Å². The number of hydrogen-bond donors (Lipinski definition) is 1. The molecule has 0 amide bonds. The third kappa shape index (κ3) is 3.52. The van der Waals surface area contributed by atoms with E-state index >= 15 is 0 Å². The van der Waals surface area contributed by atoms with Crippen LogP contribution in [0.15, 0.2) is 46.9 Å². The zero-order valence-corrected chi connectivity index (χ0v) is 13.2. The van der Waals surface area contributed by atoms with Gasteiger partial charge >= 0.3 is 0 Å². The fourth-order valence-corrected chi connectivity index (χ4v) is 2.48. The van der Waals surface area contributed by atoms with Gasteiger partial charge in [-0.2, -0.15) is 0 Å². The second kappa shape index (κ2) is 6.12. The van der Waals surface area contributed by atoms with Gasteiger partial charge in [-0.25, -0.2) is 4.39 Å². The molecule has 2 aromatic rings. The minimum absolute atomic E-state index is 0.289. The standard InChI is InChI=1S/C14H11BrFIO/c15-12-7-9(1-6-13(12)16)8-14(18)10-2-4-11(17)5-3-10/h1-7,14,18H,8H2. The number of halogens is 3. The van der Waals surface area contributed by atoms with Crippen molar-refractivity contribution in [2.45, 2.75) is 12.5 Å². The van der Waals surface area contributed by atoms with E-state index in [2.05, 4.69) is 38.5 Å². The molecule has 0 aromatic heterocycles.